The molecule has 0 radical (unpaired) electrons. The van der Waals surface area contributed by atoms with E-state index < -0.39 is 0 Å². The van der Waals surface area contributed by atoms with E-state index in [0.717, 1.165) is 18.0 Å². The number of aromatic nitrogens is 1. The lowest BCUT2D eigenvalue weighted by atomic mass is 10.3. The van der Waals surface area contributed by atoms with E-state index in [0.29, 0.717) is 11.4 Å². The lowest BCUT2D eigenvalue weighted by molar-refractivity contribution is -0.116. The molecule has 1 rings (SSSR count). The molecular weight excluding hydrogens is 222 g/mol. The Morgan fingerprint density at radius 1 is 1.79 bits per heavy atom. The lowest BCUT2D eigenvalue weighted by Gasteiger charge is -1.99. The number of nitriles is 1. The van der Waals surface area contributed by atoms with Crippen LogP contribution >= 0.6 is 23.1 Å². The van der Waals surface area contributed by atoms with Crippen LogP contribution in [0.5, 0.6) is 0 Å². The van der Waals surface area contributed by atoms with E-state index in [9.17, 15) is 4.79 Å². The van der Waals surface area contributed by atoms with Gasteiger partial charge < -0.3 is 5.32 Å². The summed E-state index contributed by atoms with van der Waals surface area (Å²) in [7, 11) is 0. The standard InChI is InChI=1S/C8H8ClN3OS/c1-2-3-6(13)11-8-5(4-10)7(9)12-14-8/h2-3H2,1H3,(H,11,13). The summed E-state index contributed by atoms with van der Waals surface area (Å²) in [4.78, 5) is 11.2. The normalized spacial score (nSPS) is 9.50. The minimum absolute atomic E-state index is 0.121. The number of rotatable bonds is 3. The molecule has 0 atom stereocenters. The van der Waals surface area contributed by atoms with Gasteiger partial charge in [-0.15, -0.1) is 0 Å². The summed E-state index contributed by atoms with van der Waals surface area (Å²) in [5.41, 5.74) is 0.237. The Balaban J connectivity index is 2.77. The highest BCUT2D eigenvalue weighted by molar-refractivity contribution is 7.11. The molecule has 14 heavy (non-hydrogen) atoms. The van der Waals surface area contributed by atoms with Crippen molar-refractivity contribution >= 4 is 34.0 Å². The molecule has 0 bridgehead atoms. The zero-order chi connectivity index (χ0) is 10.6. The summed E-state index contributed by atoms with van der Waals surface area (Å²) in [6.07, 6.45) is 1.20. The molecule has 0 fully saturated rings. The van der Waals surface area contributed by atoms with Gasteiger partial charge in [0.1, 0.15) is 16.6 Å². The Labute approximate surface area is 90.7 Å². The number of hydrogen-bond acceptors (Lipinski definition) is 4. The molecule has 1 aromatic heterocycles. The molecule has 74 valence electrons. The quantitative estimate of drug-likeness (QED) is 0.866. The Hall–Kier alpha value is -1.12. The molecule has 0 aromatic carbocycles. The average Bonchev–Trinajstić information content (AvgIpc) is 2.47. The van der Waals surface area contributed by atoms with Crippen LogP contribution < -0.4 is 5.32 Å². The van der Waals surface area contributed by atoms with E-state index in [4.69, 9.17) is 16.9 Å². The molecule has 0 saturated carbocycles. The van der Waals surface area contributed by atoms with Crippen LogP contribution in [-0.2, 0) is 4.79 Å². The Morgan fingerprint density at radius 3 is 3.07 bits per heavy atom. The smallest absolute Gasteiger partial charge is 0.225 e. The molecule has 1 amide bonds. The van der Waals surface area contributed by atoms with Gasteiger partial charge in [0, 0.05) is 6.42 Å². The van der Waals surface area contributed by atoms with E-state index in [1.165, 1.54) is 0 Å². The maximum Gasteiger partial charge on any atom is 0.225 e. The van der Waals surface area contributed by atoms with Gasteiger partial charge in [-0.3, -0.25) is 4.79 Å². The second-order valence-corrected chi connectivity index (χ2v) is 3.72. The monoisotopic (exact) mass is 229 g/mol. The van der Waals surface area contributed by atoms with Crippen LogP contribution in [0.2, 0.25) is 5.15 Å². The molecule has 1 heterocycles. The van der Waals surface area contributed by atoms with Gasteiger partial charge >= 0.3 is 0 Å². The highest BCUT2D eigenvalue weighted by Crippen LogP contribution is 2.27. The molecule has 1 aromatic rings. The van der Waals surface area contributed by atoms with Crippen molar-refractivity contribution in [2.45, 2.75) is 19.8 Å². The molecule has 6 heteroatoms. The van der Waals surface area contributed by atoms with Gasteiger partial charge in [0.15, 0.2) is 5.15 Å². The molecule has 0 spiro atoms. The van der Waals surface area contributed by atoms with Crippen LogP contribution in [0.25, 0.3) is 0 Å². The fourth-order valence-electron chi connectivity index (χ4n) is 0.869. The van der Waals surface area contributed by atoms with E-state index in [1.807, 2.05) is 13.0 Å². The first kappa shape index (κ1) is 11.0. The number of carbonyl (C=O) groups excluding carboxylic acids is 1. The van der Waals surface area contributed by atoms with E-state index in [-0.39, 0.29) is 16.6 Å². The molecule has 0 aliphatic heterocycles. The maximum absolute atomic E-state index is 11.2. The summed E-state index contributed by atoms with van der Waals surface area (Å²) in [5, 5.41) is 11.9. The maximum atomic E-state index is 11.2. The van der Waals surface area contributed by atoms with Crippen LogP contribution in [0, 0.1) is 11.3 Å². The molecule has 0 aliphatic rings. The van der Waals surface area contributed by atoms with E-state index in [1.54, 1.807) is 0 Å². The second-order valence-electron chi connectivity index (χ2n) is 2.59. The topological polar surface area (TPSA) is 65.8 Å². The van der Waals surface area contributed by atoms with Crippen molar-refractivity contribution in [2.75, 3.05) is 5.32 Å². The average molecular weight is 230 g/mol. The minimum Gasteiger partial charge on any atom is -0.315 e. The number of anilines is 1. The van der Waals surface area contributed by atoms with Crippen molar-refractivity contribution < 1.29 is 4.79 Å². The van der Waals surface area contributed by atoms with Crippen LogP contribution in [0.1, 0.15) is 25.3 Å². The van der Waals surface area contributed by atoms with Gasteiger partial charge in [0.05, 0.1) is 0 Å². The van der Waals surface area contributed by atoms with Crippen LogP contribution in [-0.4, -0.2) is 10.3 Å². The van der Waals surface area contributed by atoms with Crippen molar-refractivity contribution in [2.24, 2.45) is 0 Å². The Kier molecular flexibility index (Phi) is 3.86. The summed E-state index contributed by atoms with van der Waals surface area (Å²) >= 11 is 6.65. The lowest BCUT2D eigenvalue weighted by Crippen LogP contribution is -2.10. The van der Waals surface area contributed by atoms with E-state index in [2.05, 4.69) is 9.69 Å². The van der Waals surface area contributed by atoms with Gasteiger partial charge in [-0.25, -0.2) is 0 Å². The summed E-state index contributed by atoms with van der Waals surface area (Å²) in [6.45, 7) is 1.91. The van der Waals surface area contributed by atoms with Crippen LogP contribution in [0.4, 0.5) is 5.00 Å². The van der Waals surface area contributed by atoms with Gasteiger partial charge in [-0.05, 0) is 18.0 Å². The Bertz CT molecular complexity index is 382. The summed E-state index contributed by atoms with van der Waals surface area (Å²) in [6, 6.07) is 1.89. The Morgan fingerprint density at radius 2 is 2.50 bits per heavy atom. The number of carbonyl (C=O) groups is 1. The second kappa shape index (κ2) is 4.94. The first-order valence-electron chi connectivity index (χ1n) is 4.04. The zero-order valence-corrected chi connectivity index (χ0v) is 9.08. The number of halogens is 1. The predicted molar refractivity (Wildman–Crippen MR) is 55.4 cm³/mol. The third-order valence-corrected chi connectivity index (χ3v) is 2.63. The van der Waals surface area contributed by atoms with Crippen molar-refractivity contribution in [3.05, 3.63) is 10.7 Å². The molecule has 4 nitrogen and oxygen atoms in total. The van der Waals surface area contributed by atoms with Gasteiger partial charge in [0.25, 0.3) is 0 Å². The van der Waals surface area contributed by atoms with Crippen LogP contribution in [0.15, 0.2) is 0 Å². The van der Waals surface area contributed by atoms with Crippen LogP contribution in [0.3, 0.4) is 0 Å². The van der Waals surface area contributed by atoms with Gasteiger partial charge in [0.2, 0.25) is 5.91 Å². The third kappa shape index (κ3) is 2.44. The summed E-state index contributed by atoms with van der Waals surface area (Å²) < 4.78 is 3.77. The van der Waals surface area contributed by atoms with Crippen molar-refractivity contribution in [1.82, 2.24) is 4.37 Å². The molecule has 0 saturated heterocycles. The molecular formula is C8H8ClN3OS. The van der Waals surface area contributed by atoms with Crippen molar-refractivity contribution in [1.29, 1.82) is 5.26 Å². The summed E-state index contributed by atoms with van der Waals surface area (Å²) in [5.74, 6) is -0.121. The number of hydrogen-bond donors (Lipinski definition) is 1. The zero-order valence-electron chi connectivity index (χ0n) is 7.50. The predicted octanol–water partition coefficient (Wildman–Crippen LogP) is 2.41. The van der Waals surface area contributed by atoms with Crippen molar-refractivity contribution in [3.63, 3.8) is 0 Å². The fraction of sp³-hybridized carbons (Fsp3) is 0.375. The molecule has 0 aliphatic carbocycles. The SMILES string of the molecule is CCCC(=O)Nc1snc(Cl)c1C#N. The first-order chi connectivity index (χ1) is 6.69. The van der Waals surface area contributed by atoms with Crippen molar-refractivity contribution in [3.8, 4) is 6.07 Å². The van der Waals surface area contributed by atoms with E-state index >= 15 is 0 Å². The number of amides is 1. The largest absolute Gasteiger partial charge is 0.315 e. The van der Waals surface area contributed by atoms with Gasteiger partial charge in [-0.2, -0.15) is 9.64 Å². The number of nitrogens with one attached hydrogen (secondary N) is 1. The third-order valence-electron chi connectivity index (χ3n) is 1.49. The molecule has 1 N–H and O–H groups in total. The highest BCUT2D eigenvalue weighted by atomic mass is 35.5. The number of nitrogens with zero attached hydrogens (tertiary/aromatic N) is 2. The minimum atomic E-state index is -0.121. The molecule has 0 unspecified atom stereocenters. The fourth-order valence-corrected chi connectivity index (χ4v) is 1.82. The first-order valence-corrected chi connectivity index (χ1v) is 5.19. The van der Waals surface area contributed by atoms with Gasteiger partial charge in [-0.1, -0.05) is 18.5 Å². The highest BCUT2D eigenvalue weighted by Gasteiger charge is 2.13.